The van der Waals surface area contributed by atoms with E-state index in [1.165, 1.54) is 0 Å². The lowest BCUT2D eigenvalue weighted by Crippen LogP contribution is -2.05. The molecule has 2 N–H and O–H groups in total. The lowest BCUT2D eigenvalue weighted by Gasteiger charge is -2.12. The lowest BCUT2D eigenvalue weighted by atomic mass is 10.1. The predicted octanol–water partition coefficient (Wildman–Crippen LogP) is 3.60. The van der Waals surface area contributed by atoms with Crippen molar-refractivity contribution in [2.24, 2.45) is 5.73 Å². The van der Waals surface area contributed by atoms with Crippen molar-refractivity contribution in [3.05, 3.63) is 52.2 Å². The molecule has 0 amide bonds. The van der Waals surface area contributed by atoms with E-state index in [1.54, 1.807) is 12.1 Å². The first-order valence-electron chi connectivity index (χ1n) is 5.70. The molecule has 0 aliphatic carbocycles. The zero-order chi connectivity index (χ0) is 13.1. The number of ether oxygens (including phenoxy) is 1. The van der Waals surface area contributed by atoms with Crippen molar-refractivity contribution in [2.75, 3.05) is 0 Å². The Bertz CT molecular complexity index is 552. The molecular formula is C14H15ClN2O. The van der Waals surface area contributed by atoms with Crippen LogP contribution in [0.5, 0.6) is 11.6 Å². The van der Waals surface area contributed by atoms with E-state index in [0.717, 1.165) is 16.8 Å². The molecule has 0 saturated carbocycles. The number of hydrogen-bond donors (Lipinski definition) is 1. The summed E-state index contributed by atoms with van der Waals surface area (Å²) in [7, 11) is 0. The van der Waals surface area contributed by atoms with Crippen LogP contribution in [0.2, 0.25) is 5.02 Å². The van der Waals surface area contributed by atoms with Gasteiger partial charge in [0, 0.05) is 22.8 Å². The van der Waals surface area contributed by atoms with Crippen LogP contribution in [-0.4, -0.2) is 4.98 Å². The number of benzene rings is 1. The molecule has 1 aromatic carbocycles. The summed E-state index contributed by atoms with van der Waals surface area (Å²) < 4.78 is 5.77. The van der Waals surface area contributed by atoms with Gasteiger partial charge in [0.15, 0.2) is 0 Å². The topological polar surface area (TPSA) is 48.1 Å². The summed E-state index contributed by atoms with van der Waals surface area (Å²) in [6.07, 6.45) is 0. The highest BCUT2D eigenvalue weighted by Crippen LogP contribution is 2.26. The number of pyridine rings is 1. The zero-order valence-electron chi connectivity index (χ0n) is 10.4. The summed E-state index contributed by atoms with van der Waals surface area (Å²) in [4.78, 5) is 4.39. The molecule has 1 aromatic heterocycles. The summed E-state index contributed by atoms with van der Waals surface area (Å²) in [5.41, 5.74) is 8.67. The Morgan fingerprint density at radius 2 is 1.89 bits per heavy atom. The molecule has 4 heteroatoms. The first-order valence-corrected chi connectivity index (χ1v) is 6.08. The van der Waals surface area contributed by atoms with Crippen LogP contribution in [-0.2, 0) is 6.54 Å². The number of rotatable bonds is 3. The van der Waals surface area contributed by atoms with Crippen LogP contribution in [0.1, 0.15) is 16.8 Å². The Kier molecular flexibility index (Phi) is 3.84. The molecule has 0 radical (unpaired) electrons. The first kappa shape index (κ1) is 12.9. The van der Waals surface area contributed by atoms with Gasteiger partial charge in [-0.2, -0.15) is 0 Å². The molecule has 0 atom stereocenters. The van der Waals surface area contributed by atoms with Gasteiger partial charge < -0.3 is 10.5 Å². The summed E-state index contributed by atoms with van der Waals surface area (Å²) in [5.74, 6) is 1.27. The second-order valence-corrected chi connectivity index (χ2v) is 4.56. The quantitative estimate of drug-likeness (QED) is 0.919. The number of nitrogens with zero attached hydrogens (tertiary/aromatic N) is 1. The van der Waals surface area contributed by atoms with Crippen LogP contribution in [0.4, 0.5) is 0 Å². The van der Waals surface area contributed by atoms with E-state index in [0.29, 0.717) is 23.2 Å². The Hall–Kier alpha value is -1.58. The van der Waals surface area contributed by atoms with Crippen LogP contribution in [0.25, 0.3) is 0 Å². The second-order valence-electron chi connectivity index (χ2n) is 4.12. The Balaban J connectivity index is 2.36. The van der Waals surface area contributed by atoms with Crippen LogP contribution in [0, 0.1) is 13.8 Å². The van der Waals surface area contributed by atoms with Gasteiger partial charge in [-0.3, -0.25) is 0 Å². The molecule has 0 aliphatic rings. The third-order valence-electron chi connectivity index (χ3n) is 2.67. The highest BCUT2D eigenvalue weighted by Gasteiger charge is 2.09. The van der Waals surface area contributed by atoms with E-state index in [9.17, 15) is 0 Å². The number of aromatic nitrogens is 1. The van der Waals surface area contributed by atoms with E-state index >= 15 is 0 Å². The molecule has 0 bridgehead atoms. The van der Waals surface area contributed by atoms with E-state index < -0.39 is 0 Å². The van der Waals surface area contributed by atoms with E-state index in [-0.39, 0.29) is 0 Å². The maximum atomic E-state index is 5.83. The number of halogens is 1. The van der Waals surface area contributed by atoms with Crippen molar-refractivity contribution in [1.29, 1.82) is 0 Å². The normalized spacial score (nSPS) is 10.4. The van der Waals surface area contributed by atoms with Gasteiger partial charge in [0.2, 0.25) is 5.88 Å². The average Bonchev–Trinajstić information content (AvgIpc) is 2.32. The van der Waals surface area contributed by atoms with Gasteiger partial charge >= 0.3 is 0 Å². The van der Waals surface area contributed by atoms with Gasteiger partial charge in [-0.15, -0.1) is 0 Å². The number of aryl methyl sites for hydroxylation is 2. The summed E-state index contributed by atoms with van der Waals surface area (Å²) in [6.45, 7) is 4.34. The second kappa shape index (κ2) is 5.38. The monoisotopic (exact) mass is 262 g/mol. The van der Waals surface area contributed by atoms with Crippen molar-refractivity contribution in [3.63, 3.8) is 0 Å². The molecule has 94 valence electrons. The predicted molar refractivity (Wildman–Crippen MR) is 73.1 cm³/mol. The van der Waals surface area contributed by atoms with Gasteiger partial charge in [0.05, 0.1) is 0 Å². The first-order chi connectivity index (χ1) is 8.60. The van der Waals surface area contributed by atoms with Gasteiger partial charge in [-0.05, 0) is 49.7 Å². The fraction of sp³-hybridized carbons (Fsp3) is 0.214. The van der Waals surface area contributed by atoms with Crippen molar-refractivity contribution in [1.82, 2.24) is 4.98 Å². The average molecular weight is 263 g/mol. The fourth-order valence-corrected chi connectivity index (χ4v) is 1.90. The Morgan fingerprint density at radius 1 is 1.22 bits per heavy atom. The zero-order valence-corrected chi connectivity index (χ0v) is 11.2. The third-order valence-corrected chi connectivity index (χ3v) is 2.92. The van der Waals surface area contributed by atoms with Crippen molar-refractivity contribution < 1.29 is 4.74 Å². The molecule has 0 spiro atoms. The highest BCUT2D eigenvalue weighted by atomic mass is 35.5. The summed E-state index contributed by atoms with van der Waals surface area (Å²) in [5, 5.41) is 0.676. The summed E-state index contributed by atoms with van der Waals surface area (Å²) >= 11 is 5.83. The molecule has 0 fully saturated rings. The van der Waals surface area contributed by atoms with Crippen molar-refractivity contribution >= 4 is 11.6 Å². The molecule has 3 nitrogen and oxygen atoms in total. The minimum absolute atomic E-state index is 0.405. The van der Waals surface area contributed by atoms with Crippen LogP contribution in [0.15, 0.2) is 30.3 Å². The molecule has 0 saturated heterocycles. The third kappa shape index (κ3) is 2.81. The molecule has 18 heavy (non-hydrogen) atoms. The number of nitrogens with two attached hydrogens (primary N) is 1. The minimum atomic E-state index is 0.405. The van der Waals surface area contributed by atoms with Gasteiger partial charge in [-0.1, -0.05) is 11.6 Å². The van der Waals surface area contributed by atoms with E-state index in [4.69, 9.17) is 22.1 Å². The Labute approximate surface area is 112 Å². The van der Waals surface area contributed by atoms with Crippen LogP contribution >= 0.6 is 11.6 Å². The SMILES string of the molecule is Cc1cc(C)c(CN)c(Oc2ccc(Cl)cc2)n1. The molecular weight excluding hydrogens is 248 g/mol. The van der Waals surface area contributed by atoms with E-state index in [1.807, 2.05) is 32.0 Å². The van der Waals surface area contributed by atoms with Crippen LogP contribution < -0.4 is 10.5 Å². The minimum Gasteiger partial charge on any atom is -0.439 e. The molecule has 2 rings (SSSR count). The highest BCUT2D eigenvalue weighted by molar-refractivity contribution is 6.30. The lowest BCUT2D eigenvalue weighted by molar-refractivity contribution is 0.454. The number of hydrogen-bond acceptors (Lipinski definition) is 3. The smallest absolute Gasteiger partial charge is 0.224 e. The van der Waals surface area contributed by atoms with Gasteiger partial charge in [-0.25, -0.2) is 4.98 Å². The van der Waals surface area contributed by atoms with Crippen molar-refractivity contribution in [2.45, 2.75) is 20.4 Å². The van der Waals surface area contributed by atoms with E-state index in [2.05, 4.69) is 4.98 Å². The molecule has 0 aliphatic heterocycles. The van der Waals surface area contributed by atoms with Gasteiger partial charge in [0.1, 0.15) is 5.75 Å². The maximum Gasteiger partial charge on any atom is 0.224 e. The van der Waals surface area contributed by atoms with Gasteiger partial charge in [0.25, 0.3) is 0 Å². The Morgan fingerprint density at radius 3 is 2.50 bits per heavy atom. The molecule has 0 unspecified atom stereocenters. The molecule has 2 aromatic rings. The fourth-order valence-electron chi connectivity index (χ4n) is 1.78. The van der Waals surface area contributed by atoms with Crippen molar-refractivity contribution in [3.8, 4) is 11.6 Å². The summed E-state index contributed by atoms with van der Waals surface area (Å²) in [6, 6.07) is 9.17. The maximum absolute atomic E-state index is 5.83. The standard InChI is InChI=1S/C14H15ClN2O/c1-9-7-10(2)17-14(13(9)8-16)18-12-5-3-11(15)4-6-12/h3-7H,8,16H2,1-2H3. The van der Waals surface area contributed by atoms with Crippen LogP contribution in [0.3, 0.4) is 0 Å². The molecule has 1 heterocycles. The largest absolute Gasteiger partial charge is 0.439 e.